The molecule has 0 saturated carbocycles. The standard InChI is InChI=1S/C21H20F2O/c1-3-5-14-6-8-15(9-7-14)18-12-16-10-11-17(24-4-2)13-19(16)21(23)20(18)22/h6-13H,3-5H2,1-2H3. The Morgan fingerprint density at radius 1 is 0.875 bits per heavy atom. The summed E-state index contributed by atoms with van der Waals surface area (Å²) in [5.74, 6) is -1.11. The molecule has 0 aromatic heterocycles. The summed E-state index contributed by atoms with van der Waals surface area (Å²) in [6, 6.07) is 14.4. The van der Waals surface area contributed by atoms with Crippen molar-refractivity contribution in [3.63, 3.8) is 0 Å². The molecule has 3 heteroatoms. The lowest BCUT2D eigenvalue weighted by molar-refractivity contribution is 0.340. The van der Waals surface area contributed by atoms with E-state index in [0.717, 1.165) is 12.8 Å². The van der Waals surface area contributed by atoms with Gasteiger partial charge in [0, 0.05) is 10.9 Å². The van der Waals surface area contributed by atoms with Crippen LogP contribution in [0, 0.1) is 11.6 Å². The molecule has 1 nitrogen and oxygen atoms in total. The summed E-state index contributed by atoms with van der Waals surface area (Å²) in [5.41, 5.74) is 2.17. The van der Waals surface area contributed by atoms with E-state index in [0.29, 0.717) is 23.3 Å². The molecule has 0 unspecified atom stereocenters. The maximum Gasteiger partial charge on any atom is 0.167 e. The van der Waals surface area contributed by atoms with E-state index in [1.165, 1.54) is 5.56 Å². The highest BCUT2D eigenvalue weighted by Crippen LogP contribution is 2.32. The summed E-state index contributed by atoms with van der Waals surface area (Å²) < 4.78 is 34.5. The lowest BCUT2D eigenvalue weighted by atomic mass is 9.98. The lowest BCUT2D eigenvalue weighted by Gasteiger charge is -2.10. The molecule has 3 rings (SSSR count). The van der Waals surface area contributed by atoms with Crippen molar-refractivity contribution in [3.8, 4) is 16.9 Å². The van der Waals surface area contributed by atoms with Crippen LogP contribution < -0.4 is 4.74 Å². The van der Waals surface area contributed by atoms with Crippen LogP contribution in [-0.4, -0.2) is 6.61 Å². The second-order valence-electron chi connectivity index (χ2n) is 5.81. The van der Waals surface area contributed by atoms with Gasteiger partial charge in [-0.05, 0) is 48.1 Å². The Kier molecular flexibility index (Phi) is 4.79. The van der Waals surface area contributed by atoms with Crippen molar-refractivity contribution in [1.82, 2.24) is 0 Å². The van der Waals surface area contributed by atoms with E-state index in [4.69, 9.17) is 4.74 Å². The van der Waals surface area contributed by atoms with E-state index in [2.05, 4.69) is 6.92 Å². The fraction of sp³-hybridized carbons (Fsp3) is 0.238. The second-order valence-corrected chi connectivity index (χ2v) is 5.81. The molecule has 24 heavy (non-hydrogen) atoms. The third-order valence-corrected chi connectivity index (χ3v) is 4.10. The molecule has 0 spiro atoms. The molecular formula is C21H20F2O. The highest BCUT2D eigenvalue weighted by Gasteiger charge is 2.15. The van der Waals surface area contributed by atoms with Gasteiger partial charge in [-0.1, -0.05) is 43.7 Å². The van der Waals surface area contributed by atoms with Gasteiger partial charge < -0.3 is 4.74 Å². The molecule has 0 bridgehead atoms. The SMILES string of the molecule is CCCc1ccc(-c2cc3ccc(OCC)cc3c(F)c2F)cc1. The maximum absolute atomic E-state index is 14.6. The van der Waals surface area contributed by atoms with Crippen molar-refractivity contribution in [3.05, 3.63) is 65.7 Å². The third-order valence-electron chi connectivity index (χ3n) is 4.10. The van der Waals surface area contributed by atoms with Crippen LogP contribution in [0.2, 0.25) is 0 Å². The van der Waals surface area contributed by atoms with Crippen molar-refractivity contribution in [2.24, 2.45) is 0 Å². The Balaban J connectivity index is 2.08. The Bertz CT molecular complexity index is 854. The van der Waals surface area contributed by atoms with Gasteiger partial charge in [-0.15, -0.1) is 0 Å². The van der Waals surface area contributed by atoms with Crippen molar-refractivity contribution in [2.75, 3.05) is 6.61 Å². The smallest absolute Gasteiger partial charge is 0.167 e. The summed E-state index contributed by atoms with van der Waals surface area (Å²) in [6.07, 6.45) is 2.04. The van der Waals surface area contributed by atoms with Crippen LogP contribution in [0.15, 0.2) is 48.5 Å². The summed E-state index contributed by atoms with van der Waals surface area (Å²) in [5, 5.41) is 0.898. The Hall–Kier alpha value is -2.42. The molecule has 0 N–H and O–H groups in total. The van der Waals surface area contributed by atoms with Crippen molar-refractivity contribution < 1.29 is 13.5 Å². The first kappa shape index (κ1) is 16.4. The highest BCUT2D eigenvalue weighted by molar-refractivity contribution is 5.89. The van der Waals surface area contributed by atoms with Crippen LogP contribution in [0.1, 0.15) is 25.8 Å². The molecule has 0 amide bonds. The van der Waals surface area contributed by atoms with Gasteiger partial charge in [0.05, 0.1) is 6.61 Å². The molecule has 0 atom stereocenters. The van der Waals surface area contributed by atoms with Gasteiger partial charge in [0.15, 0.2) is 11.6 Å². The monoisotopic (exact) mass is 326 g/mol. The normalized spacial score (nSPS) is 11.0. The topological polar surface area (TPSA) is 9.23 Å². The van der Waals surface area contributed by atoms with Crippen LogP contribution in [0.4, 0.5) is 8.78 Å². The number of rotatable bonds is 5. The summed E-state index contributed by atoms with van der Waals surface area (Å²) in [7, 11) is 0. The Morgan fingerprint density at radius 2 is 1.62 bits per heavy atom. The molecule has 0 saturated heterocycles. The molecule has 0 radical (unpaired) electrons. The minimum atomic E-state index is -0.832. The quantitative estimate of drug-likeness (QED) is 0.547. The van der Waals surface area contributed by atoms with Crippen LogP contribution in [0.3, 0.4) is 0 Å². The summed E-state index contributed by atoms with van der Waals surface area (Å²) in [4.78, 5) is 0. The molecule has 0 aliphatic rings. The first-order chi connectivity index (χ1) is 11.6. The molecule has 3 aromatic carbocycles. The number of halogens is 2. The zero-order chi connectivity index (χ0) is 17.1. The highest BCUT2D eigenvalue weighted by atomic mass is 19.2. The second kappa shape index (κ2) is 7.00. The molecule has 0 aliphatic carbocycles. The summed E-state index contributed by atoms with van der Waals surface area (Å²) in [6.45, 7) is 4.45. The largest absolute Gasteiger partial charge is 0.494 e. The van der Waals surface area contributed by atoms with Crippen molar-refractivity contribution >= 4 is 10.8 Å². The fourth-order valence-corrected chi connectivity index (χ4v) is 2.91. The fourth-order valence-electron chi connectivity index (χ4n) is 2.91. The molecular weight excluding hydrogens is 306 g/mol. The first-order valence-electron chi connectivity index (χ1n) is 8.28. The van der Waals surface area contributed by atoms with Gasteiger partial charge in [0.2, 0.25) is 0 Å². The van der Waals surface area contributed by atoms with E-state index in [1.54, 1.807) is 24.3 Å². The zero-order valence-corrected chi connectivity index (χ0v) is 13.9. The number of hydrogen-bond acceptors (Lipinski definition) is 1. The van der Waals surface area contributed by atoms with E-state index < -0.39 is 11.6 Å². The van der Waals surface area contributed by atoms with E-state index in [9.17, 15) is 8.78 Å². The van der Waals surface area contributed by atoms with E-state index >= 15 is 0 Å². The van der Waals surface area contributed by atoms with Gasteiger partial charge in [-0.2, -0.15) is 0 Å². The Labute approximate surface area is 140 Å². The number of hydrogen-bond donors (Lipinski definition) is 0. The van der Waals surface area contributed by atoms with Crippen molar-refractivity contribution in [2.45, 2.75) is 26.7 Å². The number of aryl methyl sites for hydroxylation is 1. The van der Waals surface area contributed by atoms with Gasteiger partial charge in [0.1, 0.15) is 5.75 Å². The third kappa shape index (κ3) is 3.12. The molecule has 124 valence electrons. The molecule has 0 fully saturated rings. The van der Waals surface area contributed by atoms with Crippen LogP contribution in [-0.2, 0) is 6.42 Å². The van der Waals surface area contributed by atoms with E-state index in [1.807, 2.05) is 31.2 Å². The molecule has 0 heterocycles. The van der Waals surface area contributed by atoms with Gasteiger partial charge >= 0.3 is 0 Å². The number of ether oxygens (including phenoxy) is 1. The van der Waals surface area contributed by atoms with Crippen LogP contribution in [0.25, 0.3) is 21.9 Å². The predicted molar refractivity (Wildman–Crippen MR) is 94.5 cm³/mol. The first-order valence-corrected chi connectivity index (χ1v) is 8.28. The van der Waals surface area contributed by atoms with Gasteiger partial charge in [0.25, 0.3) is 0 Å². The molecule has 0 aliphatic heterocycles. The van der Waals surface area contributed by atoms with Crippen LogP contribution >= 0.6 is 0 Å². The average molecular weight is 326 g/mol. The zero-order valence-electron chi connectivity index (χ0n) is 13.9. The van der Waals surface area contributed by atoms with Crippen LogP contribution in [0.5, 0.6) is 5.75 Å². The Morgan fingerprint density at radius 3 is 2.29 bits per heavy atom. The molecule has 3 aromatic rings. The average Bonchev–Trinajstić information content (AvgIpc) is 2.60. The number of fused-ring (bicyclic) bond motifs is 1. The minimum absolute atomic E-state index is 0.241. The van der Waals surface area contributed by atoms with E-state index in [-0.39, 0.29) is 10.9 Å². The lowest BCUT2D eigenvalue weighted by Crippen LogP contribution is -1.95. The van der Waals surface area contributed by atoms with Gasteiger partial charge in [-0.3, -0.25) is 0 Å². The summed E-state index contributed by atoms with van der Waals surface area (Å²) >= 11 is 0. The minimum Gasteiger partial charge on any atom is -0.494 e. The predicted octanol–water partition coefficient (Wildman–Crippen LogP) is 6.14. The maximum atomic E-state index is 14.6. The van der Waals surface area contributed by atoms with Crippen molar-refractivity contribution in [1.29, 1.82) is 0 Å². The van der Waals surface area contributed by atoms with Gasteiger partial charge in [-0.25, -0.2) is 8.78 Å². The number of benzene rings is 3.